The molecule has 1 atom stereocenters. The summed E-state index contributed by atoms with van der Waals surface area (Å²) in [7, 11) is -2.07. The fourth-order valence-corrected chi connectivity index (χ4v) is 3.98. The van der Waals surface area contributed by atoms with E-state index in [1.54, 1.807) is 6.07 Å². The van der Waals surface area contributed by atoms with Gasteiger partial charge in [0.2, 0.25) is 10.0 Å². The number of benzene rings is 1. The van der Waals surface area contributed by atoms with Crippen molar-refractivity contribution in [1.82, 2.24) is 10.0 Å². The molecular formula is C14H22Cl2N2O3S. The molecule has 0 saturated carbocycles. The Labute approximate surface area is 143 Å². The van der Waals surface area contributed by atoms with Gasteiger partial charge >= 0.3 is 0 Å². The van der Waals surface area contributed by atoms with Crippen molar-refractivity contribution in [3.8, 4) is 5.75 Å². The quantitative estimate of drug-likeness (QED) is 0.837. The molecule has 0 aliphatic carbocycles. The number of hydrogen-bond donors (Lipinski definition) is 2. The van der Waals surface area contributed by atoms with Gasteiger partial charge in [0.05, 0.1) is 17.0 Å². The molecule has 2 rings (SSSR count). The maximum Gasteiger partial charge on any atom is 0.240 e. The topological polar surface area (TPSA) is 67.4 Å². The van der Waals surface area contributed by atoms with Gasteiger partial charge in [-0.05, 0) is 43.0 Å². The van der Waals surface area contributed by atoms with Crippen LogP contribution in [0.2, 0.25) is 5.02 Å². The van der Waals surface area contributed by atoms with Crippen LogP contribution in [0.25, 0.3) is 0 Å². The molecule has 0 radical (unpaired) electrons. The third-order valence-electron chi connectivity index (χ3n) is 3.81. The number of ether oxygens (including phenoxy) is 1. The largest absolute Gasteiger partial charge is 0.495 e. The van der Waals surface area contributed by atoms with E-state index in [1.165, 1.54) is 19.2 Å². The van der Waals surface area contributed by atoms with Gasteiger partial charge in [-0.25, -0.2) is 13.1 Å². The van der Waals surface area contributed by atoms with Crippen molar-refractivity contribution in [1.29, 1.82) is 0 Å². The summed E-state index contributed by atoms with van der Waals surface area (Å²) in [5.74, 6) is 0.457. The molecule has 0 aromatic heterocycles. The second kappa shape index (κ2) is 7.84. The van der Waals surface area contributed by atoms with E-state index in [4.69, 9.17) is 16.3 Å². The Hall–Kier alpha value is -0.530. The van der Waals surface area contributed by atoms with Gasteiger partial charge in [0.15, 0.2) is 0 Å². The number of halogens is 2. The van der Waals surface area contributed by atoms with Gasteiger partial charge in [-0.2, -0.15) is 0 Å². The average molecular weight is 369 g/mol. The van der Waals surface area contributed by atoms with E-state index in [9.17, 15) is 8.42 Å². The van der Waals surface area contributed by atoms with Crippen molar-refractivity contribution < 1.29 is 13.2 Å². The molecule has 1 unspecified atom stereocenters. The van der Waals surface area contributed by atoms with Crippen molar-refractivity contribution in [3.63, 3.8) is 0 Å². The first-order valence-electron chi connectivity index (χ1n) is 6.90. The van der Waals surface area contributed by atoms with Crippen molar-refractivity contribution in [2.45, 2.75) is 24.7 Å². The molecule has 1 aromatic rings. The summed E-state index contributed by atoms with van der Waals surface area (Å²) in [6.07, 6.45) is 2.07. The first-order chi connectivity index (χ1) is 9.86. The van der Waals surface area contributed by atoms with Crippen LogP contribution >= 0.6 is 24.0 Å². The zero-order valence-electron chi connectivity index (χ0n) is 12.7. The molecular weight excluding hydrogens is 347 g/mol. The van der Waals surface area contributed by atoms with E-state index in [0.717, 1.165) is 25.9 Å². The summed E-state index contributed by atoms with van der Waals surface area (Å²) < 4.78 is 32.4. The third-order valence-corrected chi connectivity index (χ3v) is 5.50. The molecule has 1 saturated heterocycles. The Morgan fingerprint density at radius 2 is 2.18 bits per heavy atom. The minimum absolute atomic E-state index is 0. The van der Waals surface area contributed by atoms with Crippen LogP contribution in [0.15, 0.2) is 23.1 Å². The van der Waals surface area contributed by atoms with E-state index in [2.05, 4.69) is 17.0 Å². The van der Waals surface area contributed by atoms with E-state index >= 15 is 0 Å². The van der Waals surface area contributed by atoms with Crippen LogP contribution in [0.3, 0.4) is 0 Å². The van der Waals surface area contributed by atoms with Crippen molar-refractivity contribution >= 4 is 34.0 Å². The maximum absolute atomic E-state index is 12.3. The lowest BCUT2D eigenvalue weighted by atomic mass is 9.83. The van der Waals surface area contributed by atoms with Gasteiger partial charge in [-0.1, -0.05) is 18.5 Å². The van der Waals surface area contributed by atoms with E-state index in [1.807, 2.05) is 0 Å². The van der Waals surface area contributed by atoms with Gasteiger partial charge < -0.3 is 10.1 Å². The number of sulfonamides is 1. The SMILES string of the molecule is COc1ccc(S(=O)(=O)NCC2(C)CCCNC2)cc1Cl.Cl. The second-order valence-electron chi connectivity index (χ2n) is 5.71. The van der Waals surface area contributed by atoms with Crippen LogP contribution < -0.4 is 14.8 Å². The molecule has 22 heavy (non-hydrogen) atoms. The van der Waals surface area contributed by atoms with Gasteiger partial charge in [-0.15, -0.1) is 12.4 Å². The van der Waals surface area contributed by atoms with E-state index in [-0.39, 0.29) is 27.7 Å². The van der Waals surface area contributed by atoms with Crippen LogP contribution in [-0.2, 0) is 10.0 Å². The Morgan fingerprint density at radius 3 is 2.73 bits per heavy atom. The molecule has 5 nitrogen and oxygen atoms in total. The summed E-state index contributed by atoms with van der Waals surface area (Å²) in [4.78, 5) is 0.153. The molecule has 1 aliphatic heterocycles. The number of hydrogen-bond acceptors (Lipinski definition) is 4. The fraction of sp³-hybridized carbons (Fsp3) is 0.571. The molecule has 0 amide bonds. The lowest BCUT2D eigenvalue weighted by molar-refractivity contribution is 0.238. The summed E-state index contributed by atoms with van der Waals surface area (Å²) >= 11 is 5.98. The first-order valence-corrected chi connectivity index (χ1v) is 8.76. The fourth-order valence-electron chi connectivity index (χ4n) is 2.44. The van der Waals surface area contributed by atoms with E-state index < -0.39 is 10.0 Å². The Balaban J connectivity index is 0.00000242. The highest BCUT2D eigenvalue weighted by atomic mass is 35.5. The second-order valence-corrected chi connectivity index (χ2v) is 7.89. The van der Waals surface area contributed by atoms with Crippen molar-refractivity contribution in [2.75, 3.05) is 26.7 Å². The van der Waals surface area contributed by atoms with Gasteiger partial charge in [0.25, 0.3) is 0 Å². The molecule has 2 N–H and O–H groups in total. The highest BCUT2D eigenvalue weighted by Crippen LogP contribution is 2.28. The van der Waals surface area contributed by atoms with Crippen molar-refractivity contribution in [2.24, 2.45) is 5.41 Å². The smallest absolute Gasteiger partial charge is 0.240 e. The minimum atomic E-state index is -3.56. The molecule has 1 aliphatic rings. The van der Waals surface area contributed by atoms with Crippen LogP contribution in [0, 0.1) is 5.41 Å². The number of rotatable bonds is 5. The normalized spacial score (nSPS) is 22.0. The van der Waals surface area contributed by atoms with Gasteiger partial charge in [0.1, 0.15) is 5.75 Å². The molecule has 1 aromatic carbocycles. The number of piperidine rings is 1. The van der Waals surface area contributed by atoms with Crippen molar-refractivity contribution in [3.05, 3.63) is 23.2 Å². The highest BCUT2D eigenvalue weighted by molar-refractivity contribution is 7.89. The summed E-state index contributed by atoms with van der Waals surface area (Å²) in [6, 6.07) is 4.46. The maximum atomic E-state index is 12.3. The zero-order valence-corrected chi connectivity index (χ0v) is 15.1. The minimum Gasteiger partial charge on any atom is -0.495 e. The summed E-state index contributed by atoms with van der Waals surface area (Å²) in [5.41, 5.74) is -0.0540. The van der Waals surface area contributed by atoms with E-state index in [0.29, 0.717) is 12.3 Å². The third kappa shape index (κ3) is 4.73. The molecule has 0 bridgehead atoms. The standard InChI is InChI=1S/C14H21ClN2O3S.ClH/c1-14(6-3-7-16-9-14)10-17-21(18,19)11-4-5-13(20-2)12(15)8-11;/h4-5,8,16-17H,3,6-7,9-10H2,1-2H3;1H. The monoisotopic (exact) mass is 368 g/mol. The molecule has 8 heteroatoms. The Bertz CT molecular complexity index is 602. The lowest BCUT2D eigenvalue weighted by Crippen LogP contribution is -2.45. The zero-order chi connectivity index (χ0) is 15.5. The van der Waals surface area contributed by atoms with Crippen LogP contribution in [-0.4, -0.2) is 35.2 Å². The molecule has 1 heterocycles. The number of nitrogens with one attached hydrogen (secondary N) is 2. The lowest BCUT2D eigenvalue weighted by Gasteiger charge is -2.34. The highest BCUT2D eigenvalue weighted by Gasteiger charge is 2.28. The molecule has 1 fully saturated rings. The average Bonchev–Trinajstić information content (AvgIpc) is 2.46. The van der Waals surface area contributed by atoms with Gasteiger partial charge in [-0.3, -0.25) is 0 Å². The summed E-state index contributed by atoms with van der Waals surface area (Å²) in [5, 5.41) is 3.59. The summed E-state index contributed by atoms with van der Waals surface area (Å²) in [6.45, 7) is 4.31. The van der Waals surface area contributed by atoms with Crippen LogP contribution in [0.4, 0.5) is 0 Å². The predicted octanol–water partition coefficient (Wildman–Crippen LogP) is 2.44. The van der Waals surface area contributed by atoms with Crippen LogP contribution in [0.5, 0.6) is 5.75 Å². The Morgan fingerprint density at radius 1 is 1.45 bits per heavy atom. The molecule has 126 valence electrons. The predicted molar refractivity (Wildman–Crippen MR) is 90.7 cm³/mol. The first kappa shape index (κ1) is 19.5. The molecule has 0 spiro atoms. The van der Waals surface area contributed by atoms with Crippen LogP contribution in [0.1, 0.15) is 19.8 Å². The van der Waals surface area contributed by atoms with Gasteiger partial charge in [0, 0.05) is 13.1 Å². The Kier molecular flexibility index (Phi) is 6.95. The number of methoxy groups -OCH3 is 1.